The van der Waals surface area contributed by atoms with Crippen molar-refractivity contribution < 1.29 is 0 Å². The molecule has 1 aliphatic carbocycles. The van der Waals surface area contributed by atoms with E-state index in [0.29, 0.717) is 17.5 Å². The van der Waals surface area contributed by atoms with E-state index in [4.69, 9.17) is 0 Å². The van der Waals surface area contributed by atoms with Gasteiger partial charge >= 0.3 is 0 Å². The number of hydrogen-bond donors (Lipinski definition) is 1. The van der Waals surface area contributed by atoms with Gasteiger partial charge in [0.2, 0.25) is 0 Å². The van der Waals surface area contributed by atoms with E-state index in [1.165, 1.54) is 18.4 Å². The zero-order valence-electron chi connectivity index (χ0n) is 11.0. The molecule has 1 aromatic carbocycles. The van der Waals surface area contributed by atoms with Crippen LogP contribution in [0.25, 0.3) is 0 Å². The van der Waals surface area contributed by atoms with Gasteiger partial charge in [-0.15, -0.1) is 0 Å². The zero-order chi connectivity index (χ0) is 12.5. The number of benzene rings is 1. The average Bonchev–Trinajstić information content (AvgIpc) is 3.01. The van der Waals surface area contributed by atoms with Crippen LogP contribution >= 0.6 is 15.9 Å². The fourth-order valence-electron chi connectivity index (χ4n) is 2.29. The van der Waals surface area contributed by atoms with E-state index in [1.807, 2.05) is 0 Å². The van der Waals surface area contributed by atoms with Crippen LogP contribution in [0.2, 0.25) is 0 Å². The van der Waals surface area contributed by atoms with Gasteiger partial charge in [0.15, 0.2) is 0 Å². The number of halogens is 1. The summed E-state index contributed by atoms with van der Waals surface area (Å²) in [6, 6.07) is 9.82. The highest BCUT2D eigenvalue weighted by Crippen LogP contribution is 2.48. The molecule has 0 aromatic heterocycles. The van der Waals surface area contributed by atoms with Crippen molar-refractivity contribution in [2.45, 2.75) is 52.1 Å². The van der Waals surface area contributed by atoms with Gasteiger partial charge < -0.3 is 5.32 Å². The minimum absolute atomic E-state index is 0.545. The Hall–Kier alpha value is -0.340. The van der Waals surface area contributed by atoms with Gasteiger partial charge in [-0.05, 0) is 56.2 Å². The lowest BCUT2D eigenvalue weighted by Gasteiger charge is -2.25. The topological polar surface area (TPSA) is 12.0 Å². The molecule has 0 radical (unpaired) electrons. The van der Waals surface area contributed by atoms with E-state index in [2.05, 4.69) is 66.3 Å². The van der Waals surface area contributed by atoms with Crippen molar-refractivity contribution in [1.29, 1.82) is 0 Å². The van der Waals surface area contributed by atoms with Crippen molar-refractivity contribution in [3.8, 4) is 0 Å². The van der Waals surface area contributed by atoms with Crippen molar-refractivity contribution in [3.63, 3.8) is 0 Å². The standard InChI is InChI=1S/C15H22BrN/c1-11(17-12(2)15(3)8-9-15)10-13-4-6-14(16)7-5-13/h4-7,11-12,17H,8-10H2,1-3H3. The number of nitrogens with one attached hydrogen (secondary N) is 1. The molecule has 2 atom stereocenters. The third-order valence-electron chi connectivity index (χ3n) is 4.07. The normalized spacial score (nSPS) is 20.9. The van der Waals surface area contributed by atoms with Gasteiger partial charge in [-0.25, -0.2) is 0 Å². The highest BCUT2D eigenvalue weighted by molar-refractivity contribution is 9.10. The Morgan fingerprint density at radius 1 is 1.24 bits per heavy atom. The SMILES string of the molecule is CC(Cc1ccc(Br)cc1)NC(C)C1(C)CC1. The molecule has 2 rings (SSSR count). The predicted molar refractivity (Wildman–Crippen MR) is 77.2 cm³/mol. The first-order valence-corrected chi connectivity index (χ1v) is 7.29. The lowest BCUT2D eigenvalue weighted by atomic mass is 9.98. The Kier molecular flexibility index (Phi) is 3.94. The maximum absolute atomic E-state index is 3.73. The van der Waals surface area contributed by atoms with Crippen molar-refractivity contribution in [2.75, 3.05) is 0 Å². The second-order valence-electron chi connectivity index (χ2n) is 5.77. The molecular weight excluding hydrogens is 274 g/mol. The van der Waals surface area contributed by atoms with E-state index in [0.717, 1.165) is 10.9 Å². The molecule has 1 N–H and O–H groups in total. The molecule has 0 bridgehead atoms. The molecule has 1 saturated carbocycles. The van der Waals surface area contributed by atoms with Crippen LogP contribution < -0.4 is 5.32 Å². The van der Waals surface area contributed by atoms with Gasteiger partial charge in [-0.2, -0.15) is 0 Å². The van der Waals surface area contributed by atoms with Gasteiger partial charge in [0.1, 0.15) is 0 Å². The van der Waals surface area contributed by atoms with Crippen LogP contribution in [0, 0.1) is 5.41 Å². The summed E-state index contributed by atoms with van der Waals surface area (Å²) in [6.07, 6.45) is 3.87. The molecule has 0 spiro atoms. The maximum atomic E-state index is 3.73. The van der Waals surface area contributed by atoms with Gasteiger partial charge in [0.05, 0.1) is 0 Å². The molecule has 0 amide bonds. The van der Waals surface area contributed by atoms with Crippen LogP contribution in [-0.2, 0) is 6.42 Å². The van der Waals surface area contributed by atoms with Crippen molar-refractivity contribution >= 4 is 15.9 Å². The average molecular weight is 296 g/mol. The molecule has 2 unspecified atom stereocenters. The zero-order valence-corrected chi connectivity index (χ0v) is 12.5. The van der Waals surface area contributed by atoms with Crippen LogP contribution in [0.15, 0.2) is 28.7 Å². The highest BCUT2D eigenvalue weighted by Gasteiger charge is 2.42. The van der Waals surface area contributed by atoms with Gasteiger partial charge in [-0.1, -0.05) is 35.0 Å². The molecule has 1 aromatic rings. The quantitative estimate of drug-likeness (QED) is 0.860. The van der Waals surface area contributed by atoms with E-state index in [-0.39, 0.29) is 0 Å². The minimum atomic E-state index is 0.545. The van der Waals surface area contributed by atoms with E-state index < -0.39 is 0 Å². The Balaban J connectivity index is 1.84. The van der Waals surface area contributed by atoms with Gasteiger partial charge in [0.25, 0.3) is 0 Å². The van der Waals surface area contributed by atoms with Crippen LogP contribution in [0.4, 0.5) is 0 Å². The molecule has 1 nitrogen and oxygen atoms in total. The fraction of sp³-hybridized carbons (Fsp3) is 0.600. The molecule has 94 valence electrons. The summed E-state index contributed by atoms with van der Waals surface area (Å²) >= 11 is 3.47. The Morgan fingerprint density at radius 3 is 2.35 bits per heavy atom. The van der Waals surface area contributed by atoms with Crippen LogP contribution in [0.3, 0.4) is 0 Å². The fourth-order valence-corrected chi connectivity index (χ4v) is 2.56. The van der Waals surface area contributed by atoms with Crippen LogP contribution in [0.1, 0.15) is 39.2 Å². The van der Waals surface area contributed by atoms with E-state index in [1.54, 1.807) is 0 Å². The smallest absolute Gasteiger partial charge is 0.0175 e. The summed E-state index contributed by atoms with van der Waals surface area (Å²) in [7, 11) is 0. The first-order valence-electron chi connectivity index (χ1n) is 6.50. The second kappa shape index (κ2) is 5.11. The number of rotatable bonds is 5. The third kappa shape index (κ3) is 3.56. The largest absolute Gasteiger partial charge is 0.311 e. The summed E-state index contributed by atoms with van der Waals surface area (Å²) in [5, 5.41) is 3.73. The van der Waals surface area contributed by atoms with E-state index in [9.17, 15) is 0 Å². The first-order chi connectivity index (χ1) is 7.99. The Labute approximate surface area is 113 Å². The molecule has 1 aliphatic rings. The van der Waals surface area contributed by atoms with Crippen molar-refractivity contribution in [1.82, 2.24) is 5.32 Å². The summed E-state index contributed by atoms with van der Waals surface area (Å²) in [5.74, 6) is 0. The summed E-state index contributed by atoms with van der Waals surface area (Å²) < 4.78 is 1.15. The Bertz CT molecular complexity index is 367. The molecule has 0 saturated heterocycles. The molecule has 0 aliphatic heterocycles. The van der Waals surface area contributed by atoms with Crippen LogP contribution in [-0.4, -0.2) is 12.1 Å². The molecular formula is C15H22BrN. The maximum Gasteiger partial charge on any atom is 0.0175 e. The lowest BCUT2D eigenvalue weighted by Crippen LogP contribution is -2.40. The molecule has 17 heavy (non-hydrogen) atoms. The van der Waals surface area contributed by atoms with Crippen molar-refractivity contribution in [2.24, 2.45) is 5.41 Å². The third-order valence-corrected chi connectivity index (χ3v) is 4.60. The van der Waals surface area contributed by atoms with Gasteiger partial charge in [0, 0.05) is 16.6 Å². The number of hydrogen-bond acceptors (Lipinski definition) is 1. The monoisotopic (exact) mass is 295 g/mol. The summed E-state index contributed by atoms with van der Waals surface area (Å²) in [4.78, 5) is 0. The second-order valence-corrected chi connectivity index (χ2v) is 6.69. The summed E-state index contributed by atoms with van der Waals surface area (Å²) in [6.45, 7) is 6.99. The minimum Gasteiger partial charge on any atom is -0.311 e. The van der Waals surface area contributed by atoms with Gasteiger partial charge in [-0.3, -0.25) is 0 Å². The molecule has 1 fully saturated rings. The molecule has 0 heterocycles. The van der Waals surface area contributed by atoms with E-state index >= 15 is 0 Å². The van der Waals surface area contributed by atoms with Crippen molar-refractivity contribution in [3.05, 3.63) is 34.3 Å². The Morgan fingerprint density at radius 2 is 1.82 bits per heavy atom. The summed E-state index contributed by atoms with van der Waals surface area (Å²) in [5.41, 5.74) is 1.97. The first kappa shape index (κ1) is 13.1. The predicted octanol–water partition coefficient (Wildman–Crippen LogP) is 4.16. The molecule has 2 heteroatoms. The highest BCUT2D eigenvalue weighted by atomic mass is 79.9. The van der Waals surface area contributed by atoms with Crippen LogP contribution in [0.5, 0.6) is 0 Å². The lowest BCUT2D eigenvalue weighted by molar-refractivity contribution is 0.346.